The van der Waals surface area contributed by atoms with Crippen molar-refractivity contribution >= 4 is 5.57 Å². The summed E-state index contributed by atoms with van der Waals surface area (Å²) >= 11 is 0. The topological polar surface area (TPSA) is 21.7 Å². The Morgan fingerprint density at radius 2 is 1.61 bits per heavy atom. The Hall–Kier alpha value is -2.26. The zero-order valence-corrected chi connectivity index (χ0v) is 13.8. The lowest BCUT2D eigenvalue weighted by molar-refractivity contribution is 0.293. The zero-order chi connectivity index (χ0) is 16.1. The van der Waals surface area contributed by atoms with Crippen molar-refractivity contribution in [3.63, 3.8) is 0 Å². The van der Waals surface area contributed by atoms with Gasteiger partial charge in [-0.05, 0) is 29.7 Å². The van der Waals surface area contributed by atoms with Gasteiger partial charge in [0.05, 0.1) is 19.8 Å². The number of nitrogens with zero attached hydrogens (tertiary/aromatic N) is 1. The van der Waals surface area contributed by atoms with E-state index >= 15 is 0 Å². The Bertz CT molecular complexity index is 657. The maximum absolute atomic E-state index is 5.53. The summed E-state index contributed by atoms with van der Waals surface area (Å²) in [5, 5.41) is 0. The molecule has 0 radical (unpaired) electrons. The smallest absolute Gasteiger partial charge is 0.130 e. The van der Waals surface area contributed by atoms with Gasteiger partial charge in [-0.25, -0.2) is 0 Å². The molecule has 120 valence electrons. The van der Waals surface area contributed by atoms with Crippen LogP contribution in [0.3, 0.4) is 0 Å². The van der Waals surface area contributed by atoms with Crippen molar-refractivity contribution in [2.45, 2.75) is 13.0 Å². The zero-order valence-electron chi connectivity index (χ0n) is 13.8. The van der Waals surface area contributed by atoms with E-state index < -0.39 is 0 Å². The molecule has 1 heterocycles. The SMILES string of the molecule is COc1cccc(OC)c1C1=CCN(Cc2ccccc2)CC1. The highest BCUT2D eigenvalue weighted by molar-refractivity contribution is 5.76. The van der Waals surface area contributed by atoms with Crippen LogP contribution in [0.25, 0.3) is 5.57 Å². The van der Waals surface area contributed by atoms with Gasteiger partial charge in [0.1, 0.15) is 11.5 Å². The fourth-order valence-corrected chi connectivity index (χ4v) is 3.09. The van der Waals surface area contributed by atoms with E-state index in [4.69, 9.17) is 9.47 Å². The number of ether oxygens (including phenoxy) is 2. The van der Waals surface area contributed by atoms with Crippen LogP contribution < -0.4 is 9.47 Å². The summed E-state index contributed by atoms with van der Waals surface area (Å²) in [5.41, 5.74) is 3.76. The second-order valence-electron chi connectivity index (χ2n) is 5.74. The number of hydrogen-bond acceptors (Lipinski definition) is 3. The summed E-state index contributed by atoms with van der Waals surface area (Å²) in [4.78, 5) is 2.46. The van der Waals surface area contributed by atoms with Gasteiger partial charge in [-0.1, -0.05) is 42.5 Å². The van der Waals surface area contributed by atoms with E-state index in [9.17, 15) is 0 Å². The Balaban J connectivity index is 1.77. The molecule has 0 amide bonds. The van der Waals surface area contributed by atoms with Crippen molar-refractivity contribution < 1.29 is 9.47 Å². The monoisotopic (exact) mass is 309 g/mol. The summed E-state index contributed by atoms with van der Waals surface area (Å²) in [6.45, 7) is 2.99. The lowest BCUT2D eigenvalue weighted by atomic mass is 9.97. The largest absolute Gasteiger partial charge is 0.496 e. The Morgan fingerprint density at radius 3 is 2.17 bits per heavy atom. The highest BCUT2D eigenvalue weighted by Crippen LogP contribution is 2.37. The fourth-order valence-electron chi connectivity index (χ4n) is 3.09. The van der Waals surface area contributed by atoms with Gasteiger partial charge in [-0.15, -0.1) is 0 Å². The minimum absolute atomic E-state index is 0.882. The van der Waals surface area contributed by atoms with E-state index in [1.165, 1.54) is 11.1 Å². The van der Waals surface area contributed by atoms with Crippen LogP contribution in [0.4, 0.5) is 0 Å². The molecule has 3 rings (SSSR count). The molecule has 0 spiro atoms. The first-order chi connectivity index (χ1) is 11.3. The van der Waals surface area contributed by atoms with Gasteiger partial charge in [0.25, 0.3) is 0 Å². The van der Waals surface area contributed by atoms with Crippen LogP contribution in [0.5, 0.6) is 11.5 Å². The van der Waals surface area contributed by atoms with E-state index in [1.54, 1.807) is 14.2 Å². The van der Waals surface area contributed by atoms with Gasteiger partial charge in [-0.2, -0.15) is 0 Å². The molecule has 0 saturated heterocycles. The molecule has 0 atom stereocenters. The van der Waals surface area contributed by atoms with Crippen LogP contribution in [0.2, 0.25) is 0 Å². The van der Waals surface area contributed by atoms with Crippen LogP contribution in [-0.4, -0.2) is 32.2 Å². The molecule has 0 aliphatic carbocycles. The molecule has 0 unspecified atom stereocenters. The van der Waals surface area contributed by atoms with Gasteiger partial charge < -0.3 is 9.47 Å². The fraction of sp³-hybridized carbons (Fsp3) is 0.300. The van der Waals surface area contributed by atoms with E-state index in [0.717, 1.165) is 43.1 Å². The molecule has 23 heavy (non-hydrogen) atoms. The molecule has 0 bridgehead atoms. The molecule has 1 aliphatic rings. The maximum atomic E-state index is 5.53. The second kappa shape index (κ2) is 7.34. The first-order valence-electron chi connectivity index (χ1n) is 7.98. The van der Waals surface area contributed by atoms with Crippen molar-refractivity contribution in [3.05, 3.63) is 65.7 Å². The molecule has 0 saturated carbocycles. The van der Waals surface area contributed by atoms with Crippen LogP contribution in [0.1, 0.15) is 17.5 Å². The third kappa shape index (κ3) is 3.57. The standard InChI is InChI=1S/C20H23NO2/c1-22-18-9-6-10-19(23-2)20(18)17-11-13-21(14-12-17)15-16-7-4-3-5-8-16/h3-11H,12-15H2,1-2H3. The molecule has 2 aromatic carbocycles. The molecule has 3 nitrogen and oxygen atoms in total. The van der Waals surface area contributed by atoms with E-state index in [-0.39, 0.29) is 0 Å². The summed E-state index contributed by atoms with van der Waals surface area (Å²) in [5.74, 6) is 1.76. The van der Waals surface area contributed by atoms with Crippen LogP contribution >= 0.6 is 0 Å². The number of hydrogen-bond donors (Lipinski definition) is 0. The Morgan fingerprint density at radius 1 is 0.913 bits per heavy atom. The van der Waals surface area contributed by atoms with Crippen LogP contribution in [0, 0.1) is 0 Å². The highest BCUT2D eigenvalue weighted by Gasteiger charge is 2.19. The molecule has 3 heteroatoms. The maximum Gasteiger partial charge on any atom is 0.130 e. The predicted octanol–water partition coefficient (Wildman–Crippen LogP) is 3.99. The molecular formula is C20H23NO2. The highest BCUT2D eigenvalue weighted by atomic mass is 16.5. The van der Waals surface area contributed by atoms with Crippen molar-refractivity contribution in [3.8, 4) is 11.5 Å². The van der Waals surface area contributed by atoms with Gasteiger partial charge in [-0.3, -0.25) is 4.90 Å². The molecule has 1 aliphatic heterocycles. The minimum Gasteiger partial charge on any atom is -0.496 e. The molecule has 2 aromatic rings. The van der Waals surface area contributed by atoms with E-state index in [1.807, 2.05) is 18.2 Å². The van der Waals surface area contributed by atoms with Gasteiger partial charge in [0.15, 0.2) is 0 Å². The normalized spacial score (nSPS) is 15.1. The molecule has 0 N–H and O–H groups in total. The quantitative estimate of drug-likeness (QED) is 0.833. The van der Waals surface area contributed by atoms with Gasteiger partial charge in [0, 0.05) is 19.6 Å². The average Bonchev–Trinajstić information content (AvgIpc) is 2.62. The first kappa shape index (κ1) is 15.6. The average molecular weight is 309 g/mol. The molecule has 0 aromatic heterocycles. The Labute approximate surface area is 138 Å². The van der Waals surface area contributed by atoms with Crippen molar-refractivity contribution in [1.29, 1.82) is 0 Å². The van der Waals surface area contributed by atoms with Crippen LogP contribution in [-0.2, 0) is 6.54 Å². The van der Waals surface area contributed by atoms with E-state index in [0.29, 0.717) is 0 Å². The second-order valence-corrected chi connectivity index (χ2v) is 5.74. The molecule has 0 fully saturated rings. The summed E-state index contributed by atoms with van der Waals surface area (Å²) in [6.07, 6.45) is 3.30. The van der Waals surface area contributed by atoms with Gasteiger partial charge in [0.2, 0.25) is 0 Å². The van der Waals surface area contributed by atoms with Crippen molar-refractivity contribution in [1.82, 2.24) is 4.90 Å². The van der Waals surface area contributed by atoms with E-state index in [2.05, 4.69) is 41.3 Å². The lowest BCUT2D eigenvalue weighted by Gasteiger charge is -2.27. The third-order valence-electron chi connectivity index (χ3n) is 4.29. The lowest BCUT2D eigenvalue weighted by Crippen LogP contribution is -2.28. The summed E-state index contributed by atoms with van der Waals surface area (Å²) in [6, 6.07) is 16.6. The minimum atomic E-state index is 0.882. The molecular weight excluding hydrogens is 286 g/mol. The summed E-state index contributed by atoms with van der Waals surface area (Å²) < 4.78 is 11.1. The third-order valence-corrected chi connectivity index (χ3v) is 4.29. The van der Waals surface area contributed by atoms with Crippen LogP contribution in [0.15, 0.2) is 54.6 Å². The Kier molecular flexibility index (Phi) is 4.99. The van der Waals surface area contributed by atoms with Crippen molar-refractivity contribution in [2.75, 3.05) is 27.3 Å². The summed E-state index contributed by atoms with van der Waals surface area (Å²) in [7, 11) is 3.42. The first-order valence-corrected chi connectivity index (χ1v) is 7.98. The number of methoxy groups -OCH3 is 2. The van der Waals surface area contributed by atoms with Crippen molar-refractivity contribution in [2.24, 2.45) is 0 Å². The van der Waals surface area contributed by atoms with Gasteiger partial charge >= 0.3 is 0 Å². The number of benzene rings is 2. The predicted molar refractivity (Wildman–Crippen MR) is 93.9 cm³/mol. The number of rotatable bonds is 5.